The summed E-state index contributed by atoms with van der Waals surface area (Å²) in [5, 5.41) is 11.6. The van der Waals surface area contributed by atoms with Crippen molar-refractivity contribution in [2.45, 2.75) is 25.0 Å². The first kappa shape index (κ1) is 22.6. The second-order valence-electron chi connectivity index (χ2n) is 7.61. The molecule has 2 unspecified atom stereocenters. The molecule has 0 spiro atoms. The van der Waals surface area contributed by atoms with Crippen molar-refractivity contribution in [1.82, 2.24) is 4.90 Å². The number of aliphatic hydroxyl groups is 1. The van der Waals surface area contributed by atoms with Gasteiger partial charge in [-0.3, -0.25) is 9.59 Å². The molecule has 1 N–H and O–H groups in total. The summed E-state index contributed by atoms with van der Waals surface area (Å²) in [6.07, 6.45) is 1.37. The van der Waals surface area contributed by atoms with E-state index in [2.05, 4.69) is 0 Å². The number of ketones is 1. The summed E-state index contributed by atoms with van der Waals surface area (Å²) in [4.78, 5) is 27.4. The summed E-state index contributed by atoms with van der Waals surface area (Å²) < 4.78 is 24.5. The lowest BCUT2D eigenvalue weighted by Gasteiger charge is -2.27. The van der Waals surface area contributed by atoms with Crippen molar-refractivity contribution in [2.75, 3.05) is 20.3 Å². The zero-order chi connectivity index (χ0) is 23.0. The van der Waals surface area contributed by atoms with Gasteiger partial charge in [-0.15, -0.1) is 0 Å². The number of nitrogens with zero attached hydrogens (tertiary/aromatic N) is 1. The highest BCUT2D eigenvalue weighted by atomic mass is 35.5. The number of aliphatic hydroxyl groups excluding tert-OH is 1. The minimum absolute atomic E-state index is 0.0761. The highest BCUT2D eigenvalue weighted by molar-refractivity contribution is 6.46. The van der Waals surface area contributed by atoms with Crippen LogP contribution in [0.3, 0.4) is 0 Å². The number of amides is 1. The molecule has 0 aliphatic carbocycles. The highest BCUT2D eigenvalue weighted by Gasteiger charge is 2.47. The summed E-state index contributed by atoms with van der Waals surface area (Å²) in [7, 11) is 1.36. The molecule has 2 aliphatic rings. The Hall–Kier alpha value is -2.61. The first-order valence-corrected chi connectivity index (χ1v) is 10.8. The normalized spacial score (nSPS) is 22.6. The minimum atomic E-state index is -0.942. The Bertz CT molecular complexity index is 1100. The van der Waals surface area contributed by atoms with Gasteiger partial charge in [0.25, 0.3) is 11.7 Å². The lowest BCUT2D eigenvalue weighted by molar-refractivity contribution is -0.140. The molecule has 1 amide bonds. The average molecular weight is 480 g/mol. The van der Waals surface area contributed by atoms with Crippen LogP contribution in [-0.2, 0) is 14.3 Å². The summed E-state index contributed by atoms with van der Waals surface area (Å²) in [5.41, 5.74) is 0.390. The van der Waals surface area contributed by atoms with Gasteiger partial charge >= 0.3 is 0 Å². The minimum Gasteiger partial charge on any atom is -0.507 e. The lowest BCUT2D eigenvalue weighted by Crippen LogP contribution is -2.36. The van der Waals surface area contributed by atoms with Crippen LogP contribution in [0.5, 0.6) is 5.75 Å². The number of halogens is 3. The number of benzene rings is 2. The van der Waals surface area contributed by atoms with Crippen LogP contribution < -0.4 is 4.74 Å². The number of hydrogen-bond acceptors (Lipinski definition) is 5. The highest BCUT2D eigenvalue weighted by Crippen LogP contribution is 2.43. The van der Waals surface area contributed by atoms with Gasteiger partial charge in [0.05, 0.1) is 35.4 Å². The van der Waals surface area contributed by atoms with E-state index in [0.29, 0.717) is 12.2 Å². The maximum atomic E-state index is 13.6. The predicted octanol–water partition coefficient (Wildman–Crippen LogP) is 4.74. The van der Waals surface area contributed by atoms with Gasteiger partial charge in [0, 0.05) is 18.2 Å². The van der Waals surface area contributed by atoms with Crippen molar-refractivity contribution in [1.29, 1.82) is 0 Å². The Balaban J connectivity index is 1.89. The Morgan fingerprint density at radius 3 is 2.59 bits per heavy atom. The largest absolute Gasteiger partial charge is 0.507 e. The molecular weight excluding hydrogens is 460 g/mol. The fraction of sp³-hybridized carbons (Fsp3) is 0.304. The Morgan fingerprint density at radius 1 is 1.25 bits per heavy atom. The number of rotatable bonds is 5. The third-order valence-corrected chi connectivity index (χ3v) is 6.12. The Morgan fingerprint density at radius 2 is 1.97 bits per heavy atom. The summed E-state index contributed by atoms with van der Waals surface area (Å²) >= 11 is 12.3. The van der Waals surface area contributed by atoms with Crippen LogP contribution in [0, 0.1) is 5.82 Å². The van der Waals surface area contributed by atoms with Gasteiger partial charge in [-0.1, -0.05) is 35.3 Å². The Kier molecular flexibility index (Phi) is 6.42. The third-order valence-electron chi connectivity index (χ3n) is 5.62. The molecule has 2 aromatic rings. The van der Waals surface area contributed by atoms with Crippen molar-refractivity contribution in [3.05, 3.63) is 69.0 Å². The molecule has 2 aromatic carbocycles. The first-order chi connectivity index (χ1) is 15.3. The van der Waals surface area contributed by atoms with Gasteiger partial charge < -0.3 is 19.5 Å². The van der Waals surface area contributed by atoms with Crippen molar-refractivity contribution in [3.63, 3.8) is 0 Å². The molecule has 0 aromatic heterocycles. The number of hydrogen-bond donors (Lipinski definition) is 1. The van der Waals surface area contributed by atoms with Crippen molar-refractivity contribution >= 4 is 40.7 Å². The second kappa shape index (κ2) is 9.10. The van der Waals surface area contributed by atoms with Crippen LogP contribution in [0.15, 0.2) is 42.0 Å². The molecule has 32 heavy (non-hydrogen) atoms. The predicted molar refractivity (Wildman–Crippen MR) is 117 cm³/mol. The molecule has 9 heteroatoms. The molecule has 168 valence electrons. The summed E-state index contributed by atoms with van der Waals surface area (Å²) in [5.74, 6) is -2.48. The van der Waals surface area contributed by atoms with Gasteiger partial charge in [0.2, 0.25) is 0 Å². The van der Waals surface area contributed by atoms with Gasteiger partial charge in [-0.2, -0.15) is 0 Å². The molecule has 0 bridgehead atoms. The molecule has 2 atom stereocenters. The number of carbonyl (C=O) groups is 2. The molecule has 2 saturated heterocycles. The third kappa shape index (κ3) is 4.08. The fourth-order valence-corrected chi connectivity index (χ4v) is 4.73. The first-order valence-electron chi connectivity index (χ1n) is 10.0. The van der Waals surface area contributed by atoms with E-state index in [1.165, 1.54) is 48.4 Å². The smallest absolute Gasteiger partial charge is 0.295 e. The van der Waals surface area contributed by atoms with Gasteiger partial charge in [0.15, 0.2) is 0 Å². The van der Waals surface area contributed by atoms with Crippen molar-refractivity contribution < 1.29 is 28.6 Å². The van der Waals surface area contributed by atoms with Crippen LogP contribution in [0.4, 0.5) is 4.39 Å². The van der Waals surface area contributed by atoms with Crippen LogP contribution >= 0.6 is 23.2 Å². The van der Waals surface area contributed by atoms with Crippen LogP contribution in [-0.4, -0.2) is 48.1 Å². The molecule has 0 radical (unpaired) electrons. The van der Waals surface area contributed by atoms with E-state index in [-0.39, 0.29) is 39.6 Å². The van der Waals surface area contributed by atoms with Crippen molar-refractivity contribution in [3.8, 4) is 5.75 Å². The van der Waals surface area contributed by atoms with Gasteiger partial charge in [-0.05, 0) is 42.7 Å². The zero-order valence-corrected chi connectivity index (χ0v) is 18.6. The van der Waals surface area contributed by atoms with Crippen LogP contribution in [0.1, 0.15) is 30.0 Å². The van der Waals surface area contributed by atoms with E-state index in [4.69, 9.17) is 32.7 Å². The van der Waals surface area contributed by atoms with E-state index in [0.717, 1.165) is 12.8 Å². The van der Waals surface area contributed by atoms with E-state index in [1.54, 1.807) is 0 Å². The fourth-order valence-electron chi connectivity index (χ4n) is 4.16. The summed E-state index contributed by atoms with van der Waals surface area (Å²) in [6, 6.07) is 7.32. The quantitative estimate of drug-likeness (QED) is 0.380. The SMILES string of the molecule is COc1c(Cl)cc(Cl)cc1/C(O)=C1\C(=O)C(=O)N(CC2CCCO2)C1c1ccc(F)cc1. The maximum absolute atomic E-state index is 13.6. The van der Waals surface area contributed by atoms with Gasteiger partial charge in [-0.25, -0.2) is 4.39 Å². The van der Waals surface area contributed by atoms with E-state index in [9.17, 15) is 19.1 Å². The van der Waals surface area contributed by atoms with Crippen molar-refractivity contribution in [2.24, 2.45) is 0 Å². The number of methoxy groups -OCH3 is 1. The Labute approximate surface area is 194 Å². The molecule has 0 saturated carbocycles. The monoisotopic (exact) mass is 479 g/mol. The number of Topliss-reactive ketones (excluding diaryl/α,β-unsaturated/α-hetero) is 1. The van der Waals surface area contributed by atoms with E-state index >= 15 is 0 Å². The lowest BCUT2D eigenvalue weighted by atomic mass is 9.95. The molecular formula is C23H20Cl2FNO5. The van der Waals surface area contributed by atoms with E-state index < -0.39 is 29.3 Å². The van der Waals surface area contributed by atoms with Crippen LogP contribution in [0.25, 0.3) is 5.76 Å². The average Bonchev–Trinajstić information content (AvgIpc) is 3.36. The summed E-state index contributed by atoms with van der Waals surface area (Å²) in [6.45, 7) is 0.741. The van der Waals surface area contributed by atoms with Crippen LogP contribution in [0.2, 0.25) is 10.0 Å². The molecule has 2 fully saturated rings. The molecule has 6 nitrogen and oxygen atoms in total. The van der Waals surface area contributed by atoms with E-state index in [1.807, 2.05) is 0 Å². The zero-order valence-electron chi connectivity index (χ0n) is 17.1. The molecule has 2 aliphatic heterocycles. The topological polar surface area (TPSA) is 76.1 Å². The maximum Gasteiger partial charge on any atom is 0.295 e. The number of ether oxygens (including phenoxy) is 2. The molecule has 4 rings (SSSR count). The standard InChI is InChI=1S/C23H20Cl2FNO5/c1-31-22-16(9-13(24)10-17(22)25)20(28)18-19(12-4-6-14(26)7-5-12)27(23(30)21(18)29)11-15-3-2-8-32-15/h4-7,9-10,15,19,28H,2-3,8,11H2,1H3/b20-18+. The van der Waals surface area contributed by atoms with Gasteiger partial charge in [0.1, 0.15) is 17.3 Å². The molecule has 2 heterocycles. The number of likely N-dealkylation sites (tertiary alicyclic amines) is 1. The number of carbonyl (C=O) groups excluding carboxylic acids is 2. The second-order valence-corrected chi connectivity index (χ2v) is 8.45.